The molecule has 0 spiro atoms. The van der Waals surface area contributed by atoms with Crippen LogP contribution in [0.3, 0.4) is 0 Å². The minimum absolute atomic E-state index is 0.126. The van der Waals surface area contributed by atoms with Crippen LogP contribution < -0.4 is 0 Å². The summed E-state index contributed by atoms with van der Waals surface area (Å²) in [6.45, 7) is 0. The molecule has 1 heteroatoms. The molecule has 1 aliphatic carbocycles. The van der Waals surface area contributed by atoms with Gasteiger partial charge in [-0.05, 0) is 56.3 Å². The molecule has 0 saturated heterocycles. The second kappa shape index (κ2) is 4.12. The van der Waals surface area contributed by atoms with Gasteiger partial charge in [0, 0.05) is 10.8 Å². The molecule has 0 fully saturated rings. The first kappa shape index (κ1) is 12.5. The molecule has 0 aliphatic heterocycles. The minimum atomic E-state index is -0.126. The second-order valence-electron chi connectivity index (χ2n) is 6.72. The summed E-state index contributed by atoms with van der Waals surface area (Å²) in [6, 6.07) is 22.7. The third kappa shape index (κ3) is 1.38. The van der Waals surface area contributed by atoms with Crippen molar-refractivity contribution in [1.29, 1.82) is 0 Å². The van der Waals surface area contributed by atoms with Crippen molar-refractivity contribution in [2.24, 2.45) is 0 Å². The van der Waals surface area contributed by atoms with E-state index in [1.54, 1.807) is 6.07 Å². The maximum atomic E-state index is 14.9. The molecule has 0 atom stereocenters. The summed E-state index contributed by atoms with van der Waals surface area (Å²) < 4.78 is 14.9. The molecule has 0 aromatic heterocycles. The molecule has 0 heterocycles. The Balaban J connectivity index is 1.93. The lowest BCUT2D eigenvalue weighted by Crippen LogP contribution is -1.91. The van der Waals surface area contributed by atoms with Crippen LogP contribution in [0.25, 0.3) is 43.4 Å². The van der Waals surface area contributed by atoms with E-state index in [-0.39, 0.29) is 5.82 Å². The molecule has 112 valence electrons. The lowest BCUT2D eigenvalue weighted by atomic mass is 9.89. The monoisotopic (exact) mass is 308 g/mol. The van der Waals surface area contributed by atoms with Gasteiger partial charge in [0.2, 0.25) is 0 Å². The van der Waals surface area contributed by atoms with E-state index in [2.05, 4.69) is 48.5 Å². The van der Waals surface area contributed by atoms with Gasteiger partial charge in [-0.3, -0.25) is 0 Å². The van der Waals surface area contributed by atoms with Crippen LogP contribution in [0.5, 0.6) is 0 Å². The Hall–Kier alpha value is -2.93. The van der Waals surface area contributed by atoms with Crippen molar-refractivity contribution in [3.8, 4) is 11.1 Å². The van der Waals surface area contributed by atoms with Crippen molar-refractivity contribution in [3.63, 3.8) is 0 Å². The van der Waals surface area contributed by atoms with Crippen LogP contribution in [0.4, 0.5) is 4.39 Å². The van der Waals surface area contributed by atoms with E-state index in [4.69, 9.17) is 0 Å². The molecule has 5 aromatic carbocycles. The van der Waals surface area contributed by atoms with E-state index < -0.39 is 0 Å². The van der Waals surface area contributed by atoms with E-state index >= 15 is 0 Å². The van der Waals surface area contributed by atoms with Crippen LogP contribution in [0.1, 0.15) is 11.1 Å². The zero-order valence-electron chi connectivity index (χ0n) is 12.9. The summed E-state index contributed by atoms with van der Waals surface area (Å²) in [5.41, 5.74) is 5.12. The highest BCUT2D eigenvalue weighted by Gasteiger charge is 2.23. The molecule has 24 heavy (non-hydrogen) atoms. The molecule has 0 bridgehead atoms. The van der Waals surface area contributed by atoms with Gasteiger partial charge >= 0.3 is 0 Å². The second-order valence-corrected chi connectivity index (χ2v) is 6.72. The summed E-state index contributed by atoms with van der Waals surface area (Å²) in [7, 11) is 0. The number of benzene rings is 5. The van der Waals surface area contributed by atoms with Gasteiger partial charge in [0.25, 0.3) is 0 Å². The predicted octanol–water partition coefficient (Wildman–Crippen LogP) is 6.29. The van der Waals surface area contributed by atoms with Gasteiger partial charge in [0.05, 0.1) is 0 Å². The molecule has 0 amide bonds. The fourth-order valence-electron chi connectivity index (χ4n) is 4.49. The summed E-state index contributed by atoms with van der Waals surface area (Å²) in [5, 5.41) is 6.33. The number of halogens is 1. The van der Waals surface area contributed by atoms with E-state index in [1.165, 1.54) is 33.0 Å². The molecular weight excluding hydrogens is 295 g/mol. The SMILES string of the molecule is Fc1cc2c3c(cc4ccc5cccc1c5c42)Cc1ccccc1-3. The molecule has 1 aliphatic rings. The molecule has 0 radical (unpaired) electrons. The van der Waals surface area contributed by atoms with Gasteiger partial charge in [-0.25, -0.2) is 4.39 Å². The van der Waals surface area contributed by atoms with Gasteiger partial charge in [-0.1, -0.05) is 60.7 Å². The van der Waals surface area contributed by atoms with Gasteiger partial charge in [-0.15, -0.1) is 0 Å². The summed E-state index contributed by atoms with van der Waals surface area (Å²) in [6.07, 6.45) is 0.934. The van der Waals surface area contributed by atoms with Crippen molar-refractivity contribution < 1.29 is 4.39 Å². The average Bonchev–Trinajstić information content (AvgIpc) is 2.98. The Morgan fingerprint density at radius 3 is 2.46 bits per heavy atom. The lowest BCUT2D eigenvalue weighted by molar-refractivity contribution is 0.641. The summed E-state index contributed by atoms with van der Waals surface area (Å²) in [4.78, 5) is 0. The van der Waals surface area contributed by atoms with Crippen molar-refractivity contribution >= 4 is 32.3 Å². The zero-order chi connectivity index (χ0) is 15.8. The Morgan fingerprint density at radius 1 is 0.667 bits per heavy atom. The fraction of sp³-hybridized carbons (Fsp3) is 0.0435. The number of rotatable bonds is 0. The Labute approximate surface area is 138 Å². The van der Waals surface area contributed by atoms with E-state index in [1.807, 2.05) is 12.1 Å². The first-order valence-electron chi connectivity index (χ1n) is 8.28. The largest absolute Gasteiger partial charge is 0.206 e. The van der Waals surface area contributed by atoms with Crippen molar-refractivity contribution in [1.82, 2.24) is 0 Å². The number of hydrogen-bond acceptors (Lipinski definition) is 0. The molecule has 5 aromatic rings. The number of fused-ring (bicyclic) bond motifs is 4. The molecule has 0 N–H and O–H groups in total. The maximum Gasteiger partial charge on any atom is 0.131 e. The smallest absolute Gasteiger partial charge is 0.131 e. The Morgan fingerprint density at radius 2 is 1.50 bits per heavy atom. The first-order valence-corrected chi connectivity index (χ1v) is 8.28. The van der Waals surface area contributed by atoms with Gasteiger partial charge in [-0.2, -0.15) is 0 Å². The standard InChI is InChI=1S/C23H13F/c24-20-12-19-21-16(10-14-4-1-2-6-17(14)21)11-15-9-8-13-5-3-7-18(20)22(13)23(15)19/h1-9,11-12H,10H2. The van der Waals surface area contributed by atoms with E-state index in [0.29, 0.717) is 0 Å². The van der Waals surface area contributed by atoms with E-state index in [9.17, 15) is 4.39 Å². The minimum Gasteiger partial charge on any atom is -0.206 e. The van der Waals surface area contributed by atoms with Gasteiger partial charge in [0.1, 0.15) is 5.82 Å². The highest BCUT2D eigenvalue weighted by Crippen LogP contribution is 2.46. The molecule has 0 unspecified atom stereocenters. The topological polar surface area (TPSA) is 0 Å². The van der Waals surface area contributed by atoms with Crippen LogP contribution in [0, 0.1) is 5.82 Å². The molecular formula is C23H13F. The van der Waals surface area contributed by atoms with Crippen molar-refractivity contribution in [2.45, 2.75) is 6.42 Å². The molecule has 6 rings (SSSR count). The highest BCUT2D eigenvalue weighted by atomic mass is 19.1. The van der Waals surface area contributed by atoms with Crippen LogP contribution in [0.2, 0.25) is 0 Å². The van der Waals surface area contributed by atoms with Crippen LogP contribution in [-0.4, -0.2) is 0 Å². The normalized spacial score (nSPS) is 13.0. The molecule has 0 nitrogen and oxygen atoms in total. The van der Waals surface area contributed by atoms with Gasteiger partial charge in [0.15, 0.2) is 0 Å². The van der Waals surface area contributed by atoms with E-state index in [0.717, 1.165) is 28.0 Å². The average molecular weight is 308 g/mol. The quantitative estimate of drug-likeness (QED) is 0.289. The van der Waals surface area contributed by atoms with Gasteiger partial charge < -0.3 is 0 Å². The Bertz CT molecular complexity index is 1280. The van der Waals surface area contributed by atoms with Crippen molar-refractivity contribution in [2.75, 3.05) is 0 Å². The van der Waals surface area contributed by atoms with Crippen LogP contribution in [-0.2, 0) is 6.42 Å². The van der Waals surface area contributed by atoms with Crippen LogP contribution >= 0.6 is 0 Å². The highest BCUT2D eigenvalue weighted by molar-refractivity contribution is 6.26. The fourth-order valence-corrected chi connectivity index (χ4v) is 4.49. The third-order valence-corrected chi connectivity index (χ3v) is 5.46. The predicted molar refractivity (Wildman–Crippen MR) is 98.3 cm³/mol. The lowest BCUT2D eigenvalue weighted by Gasteiger charge is -2.15. The summed E-state index contributed by atoms with van der Waals surface area (Å²) in [5.74, 6) is -0.126. The first-order chi connectivity index (χ1) is 11.8. The zero-order valence-corrected chi connectivity index (χ0v) is 12.9. The van der Waals surface area contributed by atoms with Crippen molar-refractivity contribution in [3.05, 3.63) is 83.7 Å². The van der Waals surface area contributed by atoms with Crippen LogP contribution in [0.15, 0.2) is 66.7 Å². The molecule has 0 saturated carbocycles. The Kier molecular flexibility index (Phi) is 2.15. The maximum absolute atomic E-state index is 14.9. The number of hydrogen-bond donors (Lipinski definition) is 0. The third-order valence-electron chi connectivity index (χ3n) is 5.46. The summed E-state index contributed by atoms with van der Waals surface area (Å²) >= 11 is 0.